The number of nitrogens with zero attached hydrogens (tertiary/aromatic N) is 4. The van der Waals surface area contributed by atoms with E-state index in [4.69, 9.17) is 16.3 Å². The maximum Gasteiger partial charge on any atom is 0.325 e. The summed E-state index contributed by atoms with van der Waals surface area (Å²) in [6, 6.07) is 10.8. The van der Waals surface area contributed by atoms with Gasteiger partial charge in [-0.25, -0.2) is 0 Å². The van der Waals surface area contributed by atoms with E-state index in [-0.39, 0.29) is 18.6 Å². The second-order valence-electron chi connectivity index (χ2n) is 7.27. The highest BCUT2D eigenvalue weighted by Gasteiger charge is 2.20. The molecule has 0 aliphatic carbocycles. The Hall–Kier alpha value is -3.45. The number of hydrogen-bond acceptors (Lipinski definition) is 6. The molecular formula is C23H21ClN4O3. The lowest BCUT2D eigenvalue weighted by Crippen LogP contribution is -2.21. The molecule has 0 aliphatic heterocycles. The predicted octanol–water partition coefficient (Wildman–Crippen LogP) is 3.89. The number of fused-ring (bicyclic) bond motifs is 2. The lowest BCUT2D eigenvalue weighted by molar-refractivity contribution is -0.143. The summed E-state index contributed by atoms with van der Waals surface area (Å²) in [6.45, 7) is 1.97. The summed E-state index contributed by atoms with van der Waals surface area (Å²) in [6.07, 6.45) is 3.26. The molecule has 7 nitrogen and oxygen atoms in total. The molecule has 0 fully saturated rings. The van der Waals surface area contributed by atoms with Crippen molar-refractivity contribution in [3.05, 3.63) is 64.0 Å². The first-order valence-corrected chi connectivity index (χ1v) is 10.2. The van der Waals surface area contributed by atoms with Crippen LogP contribution in [0.3, 0.4) is 0 Å². The maximum absolute atomic E-state index is 13.4. The number of rotatable bonds is 5. The average molecular weight is 437 g/mol. The van der Waals surface area contributed by atoms with Gasteiger partial charge in [-0.15, -0.1) is 0 Å². The van der Waals surface area contributed by atoms with Crippen molar-refractivity contribution in [2.45, 2.75) is 13.5 Å². The molecule has 0 unspecified atom stereocenters. The van der Waals surface area contributed by atoms with E-state index < -0.39 is 5.97 Å². The molecule has 31 heavy (non-hydrogen) atoms. The fraction of sp³-hybridized carbons (Fsp3) is 0.217. The van der Waals surface area contributed by atoms with Crippen molar-refractivity contribution in [1.29, 1.82) is 0 Å². The Labute approximate surface area is 183 Å². The van der Waals surface area contributed by atoms with Gasteiger partial charge in [0.15, 0.2) is 5.43 Å². The van der Waals surface area contributed by atoms with Crippen molar-refractivity contribution in [1.82, 2.24) is 14.8 Å². The summed E-state index contributed by atoms with van der Waals surface area (Å²) in [5, 5.41) is 9.24. The van der Waals surface area contributed by atoms with Gasteiger partial charge < -0.3 is 14.2 Å². The topological polar surface area (TPSA) is 77.3 Å². The van der Waals surface area contributed by atoms with Crippen LogP contribution in [0.2, 0.25) is 5.02 Å². The van der Waals surface area contributed by atoms with Crippen molar-refractivity contribution in [3.63, 3.8) is 0 Å². The summed E-state index contributed by atoms with van der Waals surface area (Å²) in [5.41, 5.74) is 3.46. The normalized spacial score (nSPS) is 11.1. The molecule has 0 bridgehead atoms. The van der Waals surface area contributed by atoms with E-state index in [1.807, 2.05) is 41.8 Å². The highest BCUT2D eigenvalue weighted by Crippen LogP contribution is 2.35. The number of hydrogen-bond donors (Lipinski definition) is 0. The van der Waals surface area contributed by atoms with Crippen molar-refractivity contribution in [2.24, 2.45) is 0 Å². The number of ether oxygens (including phenoxy) is 1. The van der Waals surface area contributed by atoms with Crippen LogP contribution in [0, 0.1) is 0 Å². The molecule has 8 heteroatoms. The third kappa shape index (κ3) is 3.72. The zero-order valence-electron chi connectivity index (χ0n) is 17.4. The van der Waals surface area contributed by atoms with E-state index in [0.717, 1.165) is 11.1 Å². The van der Waals surface area contributed by atoms with Gasteiger partial charge >= 0.3 is 5.97 Å². The summed E-state index contributed by atoms with van der Waals surface area (Å²) in [5.74, 6) is -0.394. The zero-order chi connectivity index (χ0) is 22.1. The van der Waals surface area contributed by atoms with Crippen molar-refractivity contribution in [3.8, 4) is 11.1 Å². The predicted molar refractivity (Wildman–Crippen MR) is 123 cm³/mol. The minimum atomic E-state index is -0.394. The Kier molecular flexibility index (Phi) is 5.61. The Bertz CT molecular complexity index is 1350. The molecule has 0 atom stereocenters. The van der Waals surface area contributed by atoms with Crippen LogP contribution in [0.25, 0.3) is 32.9 Å². The van der Waals surface area contributed by atoms with Gasteiger partial charge in [-0.3, -0.25) is 9.59 Å². The molecule has 0 aliphatic rings. The van der Waals surface area contributed by atoms with Crippen LogP contribution in [-0.4, -0.2) is 41.4 Å². The maximum atomic E-state index is 13.4. The van der Waals surface area contributed by atoms with Crippen molar-refractivity contribution in [2.75, 3.05) is 25.6 Å². The SMILES string of the molecule is CCOC(=O)Cn1c2cc(-c3ccnnc3)ccc2c(=O)c2ccc(Cl)c(N(C)C)c21. The summed E-state index contributed by atoms with van der Waals surface area (Å²) in [7, 11) is 3.70. The first-order valence-electron chi connectivity index (χ1n) is 9.81. The molecule has 158 valence electrons. The highest BCUT2D eigenvalue weighted by molar-refractivity contribution is 6.35. The second kappa shape index (κ2) is 8.35. The Balaban J connectivity index is 2.14. The Morgan fingerprint density at radius 1 is 1.10 bits per heavy atom. The minimum Gasteiger partial charge on any atom is -0.465 e. The summed E-state index contributed by atoms with van der Waals surface area (Å²) in [4.78, 5) is 27.7. The average Bonchev–Trinajstić information content (AvgIpc) is 2.76. The lowest BCUT2D eigenvalue weighted by Gasteiger charge is -2.22. The van der Waals surface area contributed by atoms with Crippen molar-refractivity contribution < 1.29 is 9.53 Å². The Morgan fingerprint density at radius 3 is 2.55 bits per heavy atom. The van der Waals surface area contributed by atoms with Gasteiger partial charge in [-0.05, 0) is 42.8 Å². The highest BCUT2D eigenvalue weighted by atomic mass is 35.5. The minimum absolute atomic E-state index is 0.0552. The fourth-order valence-electron chi connectivity index (χ4n) is 3.79. The largest absolute Gasteiger partial charge is 0.465 e. The quantitative estimate of drug-likeness (QED) is 0.349. The standard InChI is InChI=1S/C23H21ClN4O3/c1-4-31-20(29)13-28-19-11-14(15-9-10-25-26-12-15)5-6-16(19)23(30)17-7-8-18(24)22(21(17)28)27(2)3/h5-12H,4,13H2,1-3H3. The first kappa shape index (κ1) is 20.8. The van der Waals surface area contributed by atoms with Crippen LogP contribution in [0.1, 0.15) is 6.92 Å². The van der Waals surface area contributed by atoms with Crippen LogP contribution in [0.4, 0.5) is 5.69 Å². The van der Waals surface area contributed by atoms with E-state index in [1.54, 1.807) is 37.5 Å². The van der Waals surface area contributed by atoms with Gasteiger partial charge in [-0.2, -0.15) is 10.2 Å². The van der Waals surface area contributed by atoms with Crippen LogP contribution in [0.5, 0.6) is 0 Å². The van der Waals surface area contributed by atoms with E-state index in [9.17, 15) is 9.59 Å². The summed E-state index contributed by atoms with van der Waals surface area (Å²) < 4.78 is 7.03. The molecule has 0 saturated carbocycles. The van der Waals surface area contributed by atoms with Gasteiger partial charge in [0.25, 0.3) is 0 Å². The van der Waals surface area contributed by atoms with Crippen LogP contribution >= 0.6 is 11.6 Å². The van der Waals surface area contributed by atoms with E-state index >= 15 is 0 Å². The number of esters is 1. The first-order chi connectivity index (χ1) is 14.9. The Morgan fingerprint density at radius 2 is 1.87 bits per heavy atom. The van der Waals surface area contributed by atoms with Crippen LogP contribution < -0.4 is 10.3 Å². The third-order valence-electron chi connectivity index (χ3n) is 5.11. The van der Waals surface area contributed by atoms with Crippen LogP contribution in [0.15, 0.2) is 53.6 Å². The smallest absolute Gasteiger partial charge is 0.325 e. The molecule has 2 heterocycles. The lowest BCUT2D eigenvalue weighted by atomic mass is 10.0. The van der Waals surface area contributed by atoms with Gasteiger partial charge in [-0.1, -0.05) is 17.7 Å². The number of carbonyl (C=O) groups is 1. The third-order valence-corrected chi connectivity index (χ3v) is 5.41. The monoisotopic (exact) mass is 436 g/mol. The second-order valence-corrected chi connectivity index (χ2v) is 7.68. The molecule has 4 rings (SSSR count). The van der Waals surface area contributed by atoms with Gasteiger partial charge in [0.05, 0.1) is 40.7 Å². The molecule has 2 aromatic carbocycles. The molecule has 4 aromatic rings. The molecule has 0 saturated heterocycles. The molecular weight excluding hydrogens is 416 g/mol. The van der Waals surface area contributed by atoms with Gasteiger partial charge in [0.1, 0.15) is 6.54 Å². The number of anilines is 1. The van der Waals surface area contributed by atoms with Crippen molar-refractivity contribution >= 4 is 45.1 Å². The van der Waals surface area contributed by atoms with E-state index in [1.165, 1.54) is 0 Å². The van der Waals surface area contributed by atoms with E-state index in [0.29, 0.717) is 32.5 Å². The van der Waals surface area contributed by atoms with Gasteiger partial charge in [0.2, 0.25) is 0 Å². The molecule has 2 aromatic heterocycles. The molecule has 0 radical (unpaired) electrons. The number of benzene rings is 2. The number of halogens is 1. The molecule has 0 amide bonds. The molecule has 0 N–H and O–H groups in total. The molecule has 0 spiro atoms. The van der Waals surface area contributed by atoms with Crippen LogP contribution in [-0.2, 0) is 16.1 Å². The number of aromatic nitrogens is 3. The van der Waals surface area contributed by atoms with E-state index in [2.05, 4.69) is 10.2 Å². The number of pyridine rings is 1. The van der Waals surface area contributed by atoms with Gasteiger partial charge in [0, 0.05) is 30.4 Å². The summed E-state index contributed by atoms with van der Waals surface area (Å²) >= 11 is 6.51. The fourth-order valence-corrected chi connectivity index (χ4v) is 4.11. The number of carbonyl (C=O) groups excluding carboxylic acids is 1. The zero-order valence-corrected chi connectivity index (χ0v) is 18.2.